The van der Waals surface area contributed by atoms with Crippen molar-refractivity contribution in [2.75, 3.05) is 21.3 Å². The van der Waals surface area contributed by atoms with E-state index < -0.39 is 0 Å². The second-order valence-corrected chi connectivity index (χ2v) is 5.81. The lowest BCUT2D eigenvalue weighted by atomic mass is 10.1. The van der Waals surface area contributed by atoms with Crippen LogP contribution in [0.1, 0.15) is 15.9 Å². The Morgan fingerprint density at radius 3 is 2.36 bits per heavy atom. The Bertz CT molecular complexity index is 961. The average Bonchev–Trinajstić information content (AvgIpc) is 2.77. The van der Waals surface area contributed by atoms with Gasteiger partial charge in [-0.05, 0) is 35.9 Å². The van der Waals surface area contributed by atoms with Crippen LogP contribution in [0.2, 0.25) is 0 Å². The molecule has 3 rings (SSSR count). The Hall–Kier alpha value is -3.61. The molecule has 0 saturated carbocycles. The molecule has 1 N–H and O–H groups in total. The Morgan fingerprint density at radius 1 is 0.929 bits per heavy atom. The van der Waals surface area contributed by atoms with E-state index in [0.29, 0.717) is 29.4 Å². The summed E-state index contributed by atoms with van der Waals surface area (Å²) in [7, 11) is 4.51. The first kappa shape index (κ1) is 19.2. The zero-order chi connectivity index (χ0) is 19.9. The molecular weight excluding hydrogens is 358 g/mol. The summed E-state index contributed by atoms with van der Waals surface area (Å²) >= 11 is 0. The summed E-state index contributed by atoms with van der Waals surface area (Å²) in [6.45, 7) is 0.307. The van der Waals surface area contributed by atoms with E-state index in [2.05, 4.69) is 15.3 Å². The smallest absolute Gasteiger partial charge is 0.255 e. The van der Waals surface area contributed by atoms with E-state index in [1.54, 1.807) is 30.7 Å². The Kier molecular flexibility index (Phi) is 6.06. The molecule has 0 aliphatic rings. The van der Waals surface area contributed by atoms with Crippen LogP contribution in [0.25, 0.3) is 11.3 Å². The van der Waals surface area contributed by atoms with Crippen molar-refractivity contribution < 1.29 is 19.0 Å². The Balaban J connectivity index is 1.85. The third-order valence-corrected chi connectivity index (χ3v) is 4.23. The Labute approximate surface area is 163 Å². The summed E-state index contributed by atoms with van der Waals surface area (Å²) in [6, 6.07) is 10.8. The topological polar surface area (TPSA) is 82.6 Å². The first-order valence-corrected chi connectivity index (χ1v) is 8.61. The van der Waals surface area contributed by atoms with E-state index >= 15 is 0 Å². The maximum Gasteiger partial charge on any atom is 0.255 e. The third kappa shape index (κ3) is 3.88. The standard InChI is InChI=1S/C21H21N3O4/c1-26-17-7-6-16(19(27-2)20(17)28-3)21(25)24-13-15-5-4-10-23-18(15)14-8-11-22-12-9-14/h4-12H,13H2,1-3H3,(H,24,25). The fraction of sp³-hybridized carbons (Fsp3) is 0.190. The number of aromatic nitrogens is 2. The summed E-state index contributed by atoms with van der Waals surface area (Å²) in [5, 5.41) is 2.92. The summed E-state index contributed by atoms with van der Waals surface area (Å²) in [5.41, 5.74) is 2.98. The van der Waals surface area contributed by atoms with Crippen LogP contribution < -0.4 is 19.5 Å². The summed E-state index contributed by atoms with van der Waals surface area (Å²) in [5.74, 6) is 0.891. The zero-order valence-electron chi connectivity index (χ0n) is 15.9. The van der Waals surface area contributed by atoms with Crippen LogP contribution >= 0.6 is 0 Å². The molecule has 0 unspecified atom stereocenters. The van der Waals surface area contributed by atoms with Gasteiger partial charge in [-0.25, -0.2) is 0 Å². The molecule has 0 fully saturated rings. The fourth-order valence-corrected chi connectivity index (χ4v) is 2.90. The average molecular weight is 379 g/mol. The van der Waals surface area contributed by atoms with Crippen LogP contribution in [0.5, 0.6) is 17.2 Å². The van der Waals surface area contributed by atoms with Crippen LogP contribution in [-0.2, 0) is 6.54 Å². The van der Waals surface area contributed by atoms with Crippen molar-refractivity contribution in [1.82, 2.24) is 15.3 Å². The number of methoxy groups -OCH3 is 3. The number of benzene rings is 1. The van der Waals surface area contributed by atoms with Crippen molar-refractivity contribution >= 4 is 5.91 Å². The minimum absolute atomic E-state index is 0.290. The van der Waals surface area contributed by atoms with Crippen molar-refractivity contribution in [3.05, 3.63) is 66.1 Å². The van der Waals surface area contributed by atoms with Crippen molar-refractivity contribution in [3.63, 3.8) is 0 Å². The minimum Gasteiger partial charge on any atom is -0.493 e. The lowest BCUT2D eigenvalue weighted by Crippen LogP contribution is -2.24. The molecule has 0 atom stereocenters. The molecule has 7 heteroatoms. The van der Waals surface area contributed by atoms with Gasteiger partial charge in [0.15, 0.2) is 11.5 Å². The van der Waals surface area contributed by atoms with Gasteiger partial charge in [-0.3, -0.25) is 14.8 Å². The van der Waals surface area contributed by atoms with E-state index in [9.17, 15) is 4.79 Å². The molecule has 0 aliphatic carbocycles. The lowest BCUT2D eigenvalue weighted by molar-refractivity contribution is 0.0947. The number of hydrogen-bond acceptors (Lipinski definition) is 6. The van der Waals surface area contributed by atoms with Crippen LogP contribution in [-0.4, -0.2) is 37.2 Å². The third-order valence-electron chi connectivity index (χ3n) is 4.23. The van der Waals surface area contributed by atoms with Crippen molar-refractivity contribution in [3.8, 4) is 28.5 Å². The van der Waals surface area contributed by atoms with Gasteiger partial charge in [0.05, 0.1) is 32.6 Å². The summed E-state index contributed by atoms with van der Waals surface area (Å²) < 4.78 is 16.0. The predicted molar refractivity (Wildman–Crippen MR) is 105 cm³/mol. The van der Waals surface area contributed by atoms with Gasteiger partial charge in [0.2, 0.25) is 5.75 Å². The first-order valence-electron chi connectivity index (χ1n) is 8.61. The molecular formula is C21H21N3O4. The molecule has 0 radical (unpaired) electrons. The number of ether oxygens (including phenoxy) is 3. The number of pyridine rings is 2. The molecule has 1 amide bonds. The lowest BCUT2D eigenvalue weighted by Gasteiger charge is -2.16. The quantitative estimate of drug-likeness (QED) is 0.679. The van der Waals surface area contributed by atoms with E-state index in [0.717, 1.165) is 16.8 Å². The molecule has 3 aromatic rings. The van der Waals surface area contributed by atoms with E-state index in [4.69, 9.17) is 14.2 Å². The molecule has 0 aliphatic heterocycles. The molecule has 2 aromatic heterocycles. The number of carbonyl (C=O) groups excluding carboxylic acids is 1. The van der Waals surface area contributed by atoms with Crippen LogP contribution in [0.3, 0.4) is 0 Å². The number of rotatable bonds is 7. The number of nitrogens with zero attached hydrogens (tertiary/aromatic N) is 2. The summed E-state index contributed by atoms with van der Waals surface area (Å²) in [6.07, 6.45) is 5.14. The van der Waals surface area contributed by atoms with E-state index in [-0.39, 0.29) is 5.91 Å². The van der Waals surface area contributed by atoms with Crippen LogP contribution in [0, 0.1) is 0 Å². The van der Waals surface area contributed by atoms with Crippen molar-refractivity contribution in [2.45, 2.75) is 6.54 Å². The molecule has 0 saturated heterocycles. The highest BCUT2D eigenvalue weighted by molar-refractivity contribution is 5.98. The van der Waals surface area contributed by atoms with Crippen LogP contribution in [0.4, 0.5) is 0 Å². The highest BCUT2D eigenvalue weighted by Crippen LogP contribution is 2.39. The minimum atomic E-state index is -0.290. The zero-order valence-corrected chi connectivity index (χ0v) is 15.9. The SMILES string of the molecule is COc1ccc(C(=O)NCc2cccnc2-c2ccncc2)c(OC)c1OC. The van der Waals surface area contributed by atoms with Gasteiger partial charge in [-0.15, -0.1) is 0 Å². The van der Waals surface area contributed by atoms with Crippen LogP contribution in [0.15, 0.2) is 55.0 Å². The Morgan fingerprint density at radius 2 is 1.68 bits per heavy atom. The monoisotopic (exact) mass is 379 g/mol. The van der Waals surface area contributed by atoms with E-state index in [1.165, 1.54) is 21.3 Å². The van der Waals surface area contributed by atoms with Gasteiger partial charge in [-0.2, -0.15) is 0 Å². The van der Waals surface area contributed by atoms with E-state index in [1.807, 2.05) is 24.3 Å². The fourth-order valence-electron chi connectivity index (χ4n) is 2.90. The van der Waals surface area contributed by atoms with Gasteiger partial charge in [0.1, 0.15) is 0 Å². The second kappa shape index (κ2) is 8.85. The number of carbonyl (C=O) groups is 1. The number of hydrogen-bond donors (Lipinski definition) is 1. The highest BCUT2D eigenvalue weighted by Gasteiger charge is 2.20. The van der Waals surface area contributed by atoms with Crippen molar-refractivity contribution in [1.29, 1.82) is 0 Å². The highest BCUT2D eigenvalue weighted by atomic mass is 16.5. The summed E-state index contributed by atoms with van der Waals surface area (Å²) in [4.78, 5) is 21.3. The van der Waals surface area contributed by atoms with Gasteiger partial charge in [0, 0.05) is 30.7 Å². The number of amides is 1. The second-order valence-electron chi connectivity index (χ2n) is 5.81. The molecule has 144 valence electrons. The normalized spacial score (nSPS) is 10.2. The molecule has 7 nitrogen and oxygen atoms in total. The molecule has 28 heavy (non-hydrogen) atoms. The predicted octanol–water partition coefficient (Wildman–Crippen LogP) is 3.10. The van der Waals surface area contributed by atoms with Gasteiger partial charge in [-0.1, -0.05) is 6.07 Å². The first-order chi connectivity index (χ1) is 13.7. The molecule has 1 aromatic carbocycles. The van der Waals surface area contributed by atoms with Gasteiger partial charge >= 0.3 is 0 Å². The maximum atomic E-state index is 12.8. The molecule has 0 spiro atoms. The number of nitrogens with one attached hydrogen (secondary N) is 1. The van der Waals surface area contributed by atoms with Gasteiger partial charge in [0.25, 0.3) is 5.91 Å². The van der Waals surface area contributed by atoms with Gasteiger partial charge < -0.3 is 19.5 Å². The largest absolute Gasteiger partial charge is 0.493 e. The van der Waals surface area contributed by atoms with Crippen molar-refractivity contribution in [2.24, 2.45) is 0 Å². The molecule has 0 bridgehead atoms. The maximum absolute atomic E-state index is 12.8. The molecule has 2 heterocycles.